The summed E-state index contributed by atoms with van der Waals surface area (Å²) in [5.74, 6) is 0. The average Bonchev–Trinajstić information content (AvgIpc) is 0.742. The van der Waals surface area contributed by atoms with E-state index in [0.717, 1.165) is 0 Å². The van der Waals surface area contributed by atoms with Crippen molar-refractivity contribution in [3.8, 4) is 44.5 Å². The van der Waals surface area contributed by atoms with Crippen LogP contribution >= 0.6 is 0 Å². The minimum atomic E-state index is -3.57. The second-order valence-corrected chi connectivity index (χ2v) is 27.6. The Labute approximate surface area is 517 Å². The number of benzene rings is 18. The second-order valence-electron chi connectivity index (χ2n) is 24.0. The number of hydrogen-bond donors (Lipinski definition) is 0. The maximum atomic E-state index is 2.45. The lowest BCUT2D eigenvalue weighted by atomic mass is 9.82. The molecule has 0 aromatic heterocycles. The van der Waals surface area contributed by atoms with Crippen molar-refractivity contribution in [2.45, 2.75) is 0 Å². The number of rotatable bonds is 8. The summed E-state index contributed by atoms with van der Waals surface area (Å²) >= 11 is 0. The Morgan fingerprint density at radius 1 is 0.146 bits per heavy atom. The van der Waals surface area contributed by atoms with Crippen molar-refractivity contribution in [1.29, 1.82) is 0 Å². The Balaban J connectivity index is 0.991. The van der Waals surface area contributed by atoms with Crippen LogP contribution in [0.1, 0.15) is 0 Å². The standard InChI is InChI=1S/C88H56Si/c1-3-31-63(32-4-1)89(64-33-5-2-6-34-64,87-77-47-23-19-43-73(77)85(74-44-20-24-48-78(74)87)83-69-39-15-11-35-65(69)81(66-36-12-16-40-70(66)83)61-53-51-57-27-7-9-29-59(57)55-61)88-79-49-25-21-45-75(79)86(76-46-22-26-50-80(76)88)84-71-41-17-13-37-67(71)82(68-38-14-18-42-72(68)84)62-54-52-58-28-8-10-30-60(58)56-62/h1-56H. The van der Waals surface area contributed by atoms with Crippen molar-refractivity contribution in [3.63, 3.8) is 0 Å². The first-order chi connectivity index (χ1) is 44.2. The topological polar surface area (TPSA) is 0 Å². The average molecular weight is 1140 g/mol. The molecule has 0 spiro atoms. The van der Waals surface area contributed by atoms with Gasteiger partial charge in [-0.2, -0.15) is 0 Å². The molecule has 0 heterocycles. The van der Waals surface area contributed by atoms with Gasteiger partial charge in [0.15, 0.2) is 8.07 Å². The minimum absolute atomic E-state index is 1.22. The molecule has 0 saturated carbocycles. The Bertz CT molecular complexity index is 5330. The highest BCUT2D eigenvalue weighted by Crippen LogP contribution is 2.51. The van der Waals surface area contributed by atoms with Crippen LogP contribution in [0.3, 0.4) is 0 Å². The normalized spacial score (nSPS) is 12.0. The lowest BCUT2D eigenvalue weighted by Crippen LogP contribution is -2.75. The summed E-state index contributed by atoms with van der Waals surface area (Å²) in [5, 5.41) is 30.4. The van der Waals surface area contributed by atoms with Gasteiger partial charge in [0.2, 0.25) is 0 Å². The Hall–Kier alpha value is -11.2. The zero-order chi connectivity index (χ0) is 58.6. The van der Waals surface area contributed by atoms with Crippen LogP contribution in [0.15, 0.2) is 340 Å². The summed E-state index contributed by atoms with van der Waals surface area (Å²) in [7, 11) is -3.57. The van der Waals surface area contributed by atoms with Gasteiger partial charge in [0.1, 0.15) is 0 Å². The molecule has 0 aliphatic carbocycles. The maximum absolute atomic E-state index is 3.57. The van der Waals surface area contributed by atoms with Gasteiger partial charge >= 0.3 is 0 Å². The largest absolute Gasteiger partial charge is 0.182 e. The molecule has 0 N–H and O–H groups in total. The highest BCUT2D eigenvalue weighted by atomic mass is 28.3. The zero-order valence-electron chi connectivity index (χ0n) is 48.8. The predicted molar refractivity (Wildman–Crippen MR) is 387 cm³/mol. The third-order valence-corrected chi connectivity index (χ3v) is 24.4. The van der Waals surface area contributed by atoms with Crippen LogP contribution < -0.4 is 20.7 Å². The molecule has 0 fully saturated rings. The molecule has 0 saturated heterocycles. The first-order valence-electron chi connectivity index (χ1n) is 31.1. The van der Waals surface area contributed by atoms with E-state index in [1.54, 1.807) is 0 Å². The van der Waals surface area contributed by atoms with Gasteiger partial charge in [0.05, 0.1) is 0 Å². The Morgan fingerprint density at radius 3 is 0.618 bits per heavy atom. The molecule has 0 atom stereocenters. The van der Waals surface area contributed by atoms with Gasteiger partial charge in [0.25, 0.3) is 0 Å². The van der Waals surface area contributed by atoms with Crippen molar-refractivity contribution < 1.29 is 0 Å². The quantitative estimate of drug-likeness (QED) is 0.0808. The van der Waals surface area contributed by atoms with Crippen molar-refractivity contribution in [1.82, 2.24) is 0 Å². The van der Waals surface area contributed by atoms with E-state index in [2.05, 4.69) is 340 Å². The molecule has 412 valence electrons. The van der Waals surface area contributed by atoms with Gasteiger partial charge in [-0.05, 0) is 185 Å². The first-order valence-corrected chi connectivity index (χ1v) is 33.1. The minimum Gasteiger partial charge on any atom is -0.0623 e. The molecule has 0 unspecified atom stereocenters. The molecule has 0 bridgehead atoms. The highest BCUT2D eigenvalue weighted by molar-refractivity contribution is 7.23. The predicted octanol–water partition coefficient (Wildman–Crippen LogP) is 21.3. The van der Waals surface area contributed by atoms with Crippen LogP contribution in [0, 0.1) is 0 Å². The molecule has 0 amide bonds. The molecule has 0 aliphatic rings. The SMILES string of the molecule is c1ccc([Si](c2ccccc2)(c2c3ccccc3c(-c3c4ccccc4c(-c4ccc5ccccc5c4)c4ccccc34)c3ccccc23)c2c3ccccc3c(-c3c4ccccc4c(-c4ccc5ccccc5c4)c4ccccc34)c3ccccc23)cc1. The van der Waals surface area contributed by atoms with E-state index in [1.807, 2.05) is 0 Å². The monoisotopic (exact) mass is 1140 g/mol. The molecule has 18 aromatic rings. The van der Waals surface area contributed by atoms with Gasteiger partial charge in [-0.15, -0.1) is 0 Å². The zero-order valence-corrected chi connectivity index (χ0v) is 49.8. The van der Waals surface area contributed by atoms with Crippen molar-refractivity contribution in [3.05, 3.63) is 340 Å². The van der Waals surface area contributed by atoms with E-state index in [4.69, 9.17) is 0 Å². The van der Waals surface area contributed by atoms with Crippen LogP contribution in [0.25, 0.3) is 152 Å². The van der Waals surface area contributed by atoms with E-state index in [-0.39, 0.29) is 0 Å². The molecule has 0 aliphatic heterocycles. The van der Waals surface area contributed by atoms with Gasteiger partial charge in [-0.25, -0.2) is 0 Å². The molecular weight excluding hydrogens is 1090 g/mol. The molecular formula is C88H56Si. The van der Waals surface area contributed by atoms with Crippen LogP contribution in [0.2, 0.25) is 0 Å². The summed E-state index contributed by atoms with van der Waals surface area (Å²) in [4.78, 5) is 0. The van der Waals surface area contributed by atoms with Crippen LogP contribution in [0.4, 0.5) is 0 Å². The Kier molecular flexibility index (Phi) is 11.7. The molecule has 1 heteroatoms. The fourth-order valence-electron chi connectivity index (χ4n) is 16.0. The van der Waals surface area contributed by atoms with Gasteiger partial charge < -0.3 is 0 Å². The van der Waals surface area contributed by atoms with Crippen molar-refractivity contribution >= 4 is 137 Å². The third kappa shape index (κ3) is 7.66. The number of fused-ring (bicyclic) bond motifs is 10. The van der Waals surface area contributed by atoms with Crippen LogP contribution in [-0.4, -0.2) is 8.07 Å². The fourth-order valence-corrected chi connectivity index (χ4v) is 21.6. The van der Waals surface area contributed by atoms with Gasteiger partial charge in [-0.1, -0.05) is 328 Å². The van der Waals surface area contributed by atoms with Gasteiger partial charge in [0, 0.05) is 0 Å². The lowest BCUT2D eigenvalue weighted by Gasteiger charge is -2.39. The van der Waals surface area contributed by atoms with Crippen molar-refractivity contribution in [2.75, 3.05) is 0 Å². The van der Waals surface area contributed by atoms with E-state index in [9.17, 15) is 0 Å². The third-order valence-electron chi connectivity index (χ3n) is 19.5. The second kappa shape index (κ2) is 20.5. The maximum Gasteiger partial charge on any atom is 0.182 e. The fraction of sp³-hybridized carbons (Fsp3) is 0. The summed E-state index contributed by atoms with van der Waals surface area (Å²) in [6.45, 7) is 0. The lowest BCUT2D eigenvalue weighted by molar-refractivity contribution is 1.68. The van der Waals surface area contributed by atoms with E-state index >= 15 is 0 Å². The van der Waals surface area contributed by atoms with Crippen LogP contribution in [-0.2, 0) is 0 Å². The molecule has 18 aromatic carbocycles. The first kappa shape index (κ1) is 51.0. The van der Waals surface area contributed by atoms with E-state index < -0.39 is 8.07 Å². The Morgan fingerprint density at radius 2 is 0.348 bits per heavy atom. The summed E-state index contributed by atoms with van der Waals surface area (Å²) in [5.41, 5.74) is 10.0. The molecule has 0 nitrogen and oxygen atoms in total. The summed E-state index contributed by atoms with van der Waals surface area (Å²) < 4.78 is 0. The van der Waals surface area contributed by atoms with Crippen LogP contribution in [0.5, 0.6) is 0 Å². The molecule has 18 rings (SSSR count). The van der Waals surface area contributed by atoms with Crippen molar-refractivity contribution in [2.24, 2.45) is 0 Å². The van der Waals surface area contributed by atoms with Gasteiger partial charge in [-0.3, -0.25) is 0 Å². The summed E-state index contributed by atoms with van der Waals surface area (Å²) in [6, 6.07) is 129. The van der Waals surface area contributed by atoms with E-state index in [1.165, 1.54) is 173 Å². The molecule has 0 radical (unpaired) electrons. The molecule has 89 heavy (non-hydrogen) atoms. The number of hydrogen-bond acceptors (Lipinski definition) is 0. The van der Waals surface area contributed by atoms with E-state index in [0.29, 0.717) is 0 Å². The highest BCUT2D eigenvalue weighted by Gasteiger charge is 2.47. The summed E-state index contributed by atoms with van der Waals surface area (Å²) in [6.07, 6.45) is 0. The smallest absolute Gasteiger partial charge is 0.0623 e.